The molecule has 1 aliphatic rings. The van der Waals surface area contributed by atoms with Crippen LogP contribution < -0.4 is 5.32 Å². The molecule has 1 fully saturated rings. The van der Waals surface area contributed by atoms with Gasteiger partial charge in [0.05, 0.1) is 18.2 Å². The summed E-state index contributed by atoms with van der Waals surface area (Å²) in [6.45, 7) is 0. The van der Waals surface area contributed by atoms with E-state index in [2.05, 4.69) is 69.1 Å². The maximum absolute atomic E-state index is 12.5. The third-order valence-electron chi connectivity index (χ3n) is 6.21. The zero-order valence-corrected chi connectivity index (χ0v) is 17.2. The minimum atomic E-state index is 0.139. The Morgan fingerprint density at radius 2 is 1.87 bits per heavy atom. The van der Waals surface area contributed by atoms with Gasteiger partial charge in [0, 0.05) is 42.7 Å². The molecule has 0 unspecified atom stereocenters. The number of hydrogen-bond donors (Lipinski definition) is 1. The molecule has 2 heterocycles. The van der Waals surface area contributed by atoms with E-state index in [1.165, 1.54) is 22.0 Å². The van der Waals surface area contributed by atoms with Crippen LogP contribution in [0.2, 0.25) is 0 Å². The van der Waals surface area contributed by atoms with Crippen LogP contribution in [0.3, 0.4) is 0 Å². The van der Waals surface area contributed by atoms with Gasteiger partial charge >= 0.3 is 0 Å². The van der Waals surface area contributed by atoms with Crippen LogP contribution in [-0.4, -0.2) is 26.1 Å². The molecule has 5 nitrogen and oxygen atoms in total. The van der Waals surface area contributed by atoms with Gasteiger partial charge in [0.1, 0.15) is 0 Å². The van der Waals surface area contributed by atoms with Gasteiger partial charge in [-0.25, -0.2) is 4.98 Å². The quantitative estimate of drug-likeness (QED) is 0.520. The summed E-state index contributed by atoms with van der Waals surface area (Å²) >= 11 is 0. The number of aromatic nitrogens is 3. The summed E-state index contributed by atoms with van der Waals surface area (Å²) in [7, 11) is 2.06. The van der Waals surface area contributed by atoms with Gasteiger partial charge in [-0.1, -0.05) is 48.5 Å². The molecule has 1 aliphatic carbocycles. The van der Waals surface area contributed by atoms with Crippen molar-refractivity contribution in [1.29, 1.82) is 0 Å². The van der Waals surface area contributed by atoms with Gasteiger partial charge in [-0.3, -0.25) is 4.79 Å². The molecular weight excluding hydrogens is 372 g/mol. The van der Waals surface area contributed by atoms with E-state index in [1.807, 2.05) is 30.7 Å². The fraction of sp³-hybridized carbons (Fsp3) is 0.280. The number of nitrogens with one attached hydrogen (secondary N) is 1. The molecule has 0 radical (unpaired) electrons. The van der Waals surface area contributed by atoms with E-state index in [1.54, 1.807) is 0 Å². The highest BCUT2D eigenvalue weighted by atomic mass is 16.1. The van der Waals surface area contributed by atoms with E-state index in [4.69, 9.17) is 0 Å². The number of amides is 1. The molecule has 1 N–H and O–H groups in total. The molecule has 4 aromatic rings. The number of carbonyl (C=O) groups excluding carboxylic acids is 1. The second kappa shape index (κ2) is 7.82. The van der Waals surface area contributed by atoms with E-state index in [-0.39, 0.29) is 11.9 Å². The highest BCUT2D eigenvalue weighted by Crippen LogP contribution is 2.35. The van der Waals surface area contributed by atoms with Gasteiger partial charge in [0.15, 0.2) is 0 Å². The molecule has 0 bridgehead atoms. The zero-order chi connectivity index (χ0) is 20.5. The average molecular weight is 399 g/mol. The number of aryl methyl sites for hydroxylation is 2. The second-order valence-corrected chi connectivity index (χ2v) is 8.22. The average Bonchev–Trinajstić information content (AvgIpc) is 3.35. The molecule has 0 saturated heterocycles. The molecule has 30 heavy (non-hydrogen) atoms. The van der Waals surface area contributed by atoms with Gasteiger partial charge in [0.2, 0.25) is 5.91 Å². The molecule has 5 rings (SSSR count). The van der Waals surface area contributed by atoms with Crippen LogP contribution >= 0.6 is 0 Å². The predicted molar refractivity (Wildman–Crippen MR) is 119 cm³/mol. The van der Waals surface area contributed by atoms with Gasteiger partial charge in [-0.2, -0.15) is 0 Å². The van der Waals surface area contributed by atoms with E-state index in [0.717, 1.165) is 25.0 Å². The maximum atomic E-state index is 12.5. The Hall–Kier alpha value is -3.34. The van der Waals surface area contributed by atoms with E-state index < -0.39 is 0 Å². The highest BCUT2D eigenvalue weighted by molar-refractivity contribution is 5.85. The Morgan fingerprint density at radius 3 is 2.70 bits per heavy atom. The van der Waals surface area contributed by atoms with Crippen LogP contribution in [-0.2, 0) is 18.3 Å². The Kier molecular flexibility index (Phi) is 4.87. The van der Waals surface area contributed by atoms with Crippen molar-refractivity contribution in [3.63, 3.8) is 0 Å². The monoisotopic (exact) mass is 398 g/mol. The fourth-order valence-corrected chi connectivity index (χ4v) is 4.53. The number of fused-ring (bicyclic) bond motifs is 1. The number of carbonyl (C=O) groups is 1. The first kappa shape index (κ1) is 18.7. The Morgan fingerprint density at radius 1 is 1.10 bits per heavy atom. The Bertz CT molecular complexity index is 1170. The number of rotatable bonds is 6. The molecule has 0 aliphatic heterocycles. The lowest BCUT2D eigenvalue weighted by molar-refractivity contribution is -0.122. The van der Waals surface area contributed by atoms with Gasteiger partial charge in [0.25, 0.3) is 0 Å². The molecular formula is C25H26N4O. The van der Waals surface area contributed by atoms with Crippen LogP contribution in [0, 0.1) is 0 Å². The van der Waals surface area contributed by atoms with Crippen molar-refractivity contribution in [2.75, 3.05) is 0 Å². The number of benzene rings is 2. The zero-order valence-electron chi connectivity index (χ0n) is 17.2. The van der Waals surface area contributed by atoms with Crippen molar-refractivity contribution in [3.05, 3.63) is 78.9 Å². The standard InChI is InChI=1S/C25H26N4O/c1-28-16-19(22-9-5-6-10-23(22)28)11-12-25(30)27-20-13-21(14-20)29-17-26-15-24(29)18-7-3-2-4-8-18/h2-10,15-17,20-21H,11-14H2,1H3,(H,27,30). The van der Waals surface area contributed by atoms with Crippen LogP contribution in [0.4, 0.5) is 0 Å². The van der Waals surface area contributed by atoms with Crippen molar-refractivity contribution in [2.24, 2.45) is 7.05 Å². The molecule has 2 aromatic heterocycles. The third kappa shape index (κ3) is 3.52. The van der Waals surface area contributed by atoms with E-state index in [0.29, 0.717) is 12.5 Å². The number of nitrogens with zero attached hydrogens (tertiary/aromatic N) is 3. The van der Waals surface area contributed by atoms with Crippen LogP contribution in [0.1, 0.15) is 30.9 Å². The lowest BCUT2D eigenvalue weighted by Crippen LogP contribution is -2.45. The lowest BCUT2D eigenvalue weighted by atomic mass is 9.86. The van der Waals surface area contributed by atoms with Gasteiger partial charge in [-0.15, -0.1) is 0 Å². The van der Waals surface area contributed by atoms with Crippen molar-refractivity contribution in [3.8, 4) is 11.3 Å². The van der Waals surface area contributed by atoms with Crippen molar-refractivity contribution >= 4 is 16.8 Å². The normalized spacial score (nSPS) is 18.3. The summed E-state index contributed by atoms with van der Waals surface area (Å²) in [6, 6.07) is 19.3. The summed E-state index contributed by atoms with van der Waals surface area (Å²) in [5.74, 6) is 0.139. The minimum Gasteiger partial charge on any atom is -0.353 e. The Labute approximate surface area is 176 Å². The molecule has 0 atom stereocenters. The molecule has 2 aromatic carbocycles. The van der Waals surface area contributed by atoms with Crippen molar-refractivity contribution in [2.45, 2.75) is 37.8 Å². The number of imidazole rings is 1. The Balaban J connectivity index is 1.16. The fourth-order valence-electron chi connectivity index (χ4n) is 4.53. The lowest BCUT2D eigenvalue weighted by Gasteiger charge is -2.37. The van der Waals surface area contributed by atoms with Crippen LogP contribution in [0.15, 0.2) is 73.3 Å². The van der Waals surface area contributed by atoms with Crippen LogP contribution in [0.25, 0.3) is 22.2 Å². The third-order valence-corrected chi connectivity index (χ3v) is 6.21. The van der Waals surface area contributed by atoms with Gasteiger partial charge in [-0.05, 0) is 36.5 Å². The van der Waals surface area contributed by atoms with Crippen molar-refractivity contribution < 1.29 is 4.79 Å². The summed E-state index contributed by atoms with van der Waals surface area (Å²) in [5.41, 5.74) is 4.77. The second-order valence-electron chi connectivity index (χ2n) is 8.22. The first-order valence-electron chi connectivity index (χ1n) is 10.6. The summed E-state index contributed by atoms with van der Waals surface area (Å²) in [5, 5.41) is 4.45. The molecule has 1 saturated carbocycles. The summed E-state index contributed by atoms with van der Waals surface area (Å²) in [6.07, 6.45) is 9.17. The first-order valence-corrected chi connectivity index (χ1v) is 10.6. The molecule has 152 valence electrons. The van der Waals surface area contributed by atoms with E-state index in [9.17, 15) is 4.79 Å². The predicted octanol–water partition coefficient (Wildman–Crippen LogP) is 4.49. The summed E-state index contributed by atoms with van der Waals surface area (Å²) in [4.78, 5) is 16.9. The van der Waals surface area contributed by atoms with E-state index >= 15 is 0 Å². The van der Waals surface area contributed by atoms with Gasteiger partial charge < -0.3 is 14.5 Å². The SMILES string of the molecule is Cn1cc(CCC(=O)NC2CC(n3cncc3-c3ccccc3)C2)c2ccccc21. The van der Waals surface area contributed by atoms with Crippen molar-refractivity contribution in [1.82, 2.24) is 19.4 Å². The maximum Gasteiger partial charge on any atom is 0.220 e. The topological polar surface area (TPSA) is 51.9 Å². The first-order chi connectivity index (χ1) is 14.7. The summed E-state index contributed by atoms with van der Waals surface area (Å²) < 4.78 is 4.38. The molecule has 0 spiro atoms. The van der Waals surface area contributed by atoms with Crippen LogP contribution in [0.5, 0.6) is 0 Å². The minimum absolute atomic E-state index is 0.139. The molecule has 1 amide bonds. The largest absolute Gasteiger partial charge is 0.353 e. The number of para-hydroxylation sites is 1. The molecule has 5 heteroatoms. The number of hydrogen-bond acceptors (Lipinski definition) is 2. The highest BCUT2D eigenvalue weighted by Gasteiger charge is 2.32. The smallest absolute Gasteiger partial charge is 0.220 e.